The summed E-state index contributed by atoms with van der Waals surface area (Å²) in [7, 11) is 1.57. The predicted molar refractivity (Wildman–Crippen MR) is 65.5 cm³/mol. The summed E-state index contributed by atoms with van der Waals surface area (Å²) in [5.74, 6) is -0.369. The molecule has 2 aromatic rings. The Bertz CT molecular complexity index is 548. The van der Waals surface area contributed by atoms with Crippen molar-refractivity contribution < 1.29 is 14.6 Å². The van der Waals surface area contributed by atoms with Crippen molar-refractivity contribution in [2.24, 2.45) is 0 Å². The van der Waals surface area contributed by atoms with Crippen molar-refractivity contribution in [3.63, 3.8) is 0 Å². The number of benzene rings is 1. The van der Waals surface area contributed by atoms with E-state index in [1.165, 1.54) is 0 Å². The first-order valence-electron chi connectivity index (χ1n) is 4.76. The van der Waals surface area contributed by atoms with Gasteiger partial charge in [-0.1, -0.05) is 11.3 Å². The Morgan fingerprint density at radius 1 is 1.41 bits per heavy atom. The lowest BCUT2D eigenvalue weighted by Gasteiger charge is -2.01. The second kappa shape index (κ2) is 4.42. The highest BCUT2D eigenvalue weighted by Crippen LogP contribution is 2.32. The fourth-order valence-corrected chi connectivity index (χ4v) is 2.25. The van der Waals surface area contributed by atoms with E-state index in [-0.39, 0.29) is 10.8 Å². The first-order chi connectivity index (χ1) is 8.11. The van der Waals surface area contributed by atoms with Gasteiger partial charge >= 0.3 is 5.97 Å². The molecule has 17 heavy (non-hydrogen) atoms. The van der Waals surface area contributed by atoms with E-state index in [9.17, 15) is 4.79 Å². The SMILES string of the molecule is COc1ccc(-c2sc(N)nc2C(=O)O)cc1. The summed E-state index contributed by atoms with van der Waals surface area (Å²) in [6, 6.07) is 7.07. The van der Waals surface area contributed by atoms with E-state index < -0.39 is 5.97 Å². The van der Waals surface area contributed by atoms with E-state index in [0.29, 0.717) is 10.6 Å². The van der Waals surface area contributed by atoms with Crippen molar-refractivity contribution in [3.05, 3.63) is 30.0 Å². The fraction of sp³-hybridized carbons (Fsp3) is 0.0909. The van der Waals surface area contributed by atoms with Gasteiger partial charge in [0, 0.05) is 0 Å². The molecule has 0 saturated heterocycles. The number of ether oxygens (including phenoxy) is 1. The van der Waals surface area contributed by atoms with Gasteiger partial charge in [-0.25, -0.2) is 9.78 Å². The number of nitrogens with two attached hydrogens (primary N) is 1. The third-order valence-electron chi connectivity index (χ3n) is 2.20. The number of thiazole rings is 1. The topological polar surface area (TPSA) is 85.4 Å². The van der Waals surface area contributed by atoms with E-state index in [4.69, 9.17) is 15.6 Å². The smallest absolute Gasteiger partial charge is 0.356 e. The molecule has 0 amide bonds. The molecule has 0 unspecified atom stereocenters. The fourth-order valence-electron chi connectivity index (χ4n) is 1.42. The van der Waals surface area contributed by atoms with Crippen LogP contribution in [0.3, 0.4) is 0 Å². The largest absolute Gasteiger partial charge is 0.497 e. The van der Waals surface area contributed by atoms with Gasteiger partial charge in [0.25, 0.3) is 0 Å². The monoisotopic (exact) mass is 250 g/mol. The molecule has 6 heteroatoms. The van der Waals surface area contributed by atoms with Crippen LogP contribution in [0.15, 0.2) is 24.3 Å². The summed E-state index contributed by atoms with van der Waals surface area (Å²) in [6.45, 7) is 0. The zero-order valence-corrected chi connectivity index (χ0v) is 9.82. The van der Waals surface area contributed by atoms with Gasteiger partial charge in [0.15, 0.2) is 10.8 Å². The lowest BCUT2D eigenvalue weighted by Crippen LogP contribution is -1.99. The number of nitrogens with zero attached hydrogens (tertiary/aromatic N) is 1. The number of aromatic carboxylic acids is 1. The second-order valence-electron chi connectivity index (χ2n) is 3.26. The lowest BCUT2D eigenvalue weighted by molar-refractivity contribution is 0.0692. The van der Waals surface area contributed by atoms with Crippen LogP contribution in [-0.2, 0) is 0 Å². The summed E-state index contributed by atoms with van der Waals surface area (Å²) in [6.07, 6.45) is 0. The zero-order chi connectivity index (χ0) is 12.4. The minimum absolute atomic E-state index is 0.0160. The van der Waals surface area contributed by atoms with Gasteiger partial charge in [-0.05, 0) is 29.8 Å². The molecule has 0 spiro atoms. The molecule has 0 radical (unpaired) electrons. The normalized spacial score (nSPS) is 10.2. The minimum Gasteiger partial charge on any atom is -0.497 e. The van der Waals surface area contributed by atoms with Crippen LogP contribution in [0.5, 0.6) is 5.75 Å². The molecule has 0 aliphatic rings. The molecule has 0 saturated carbocycles. The van der Waals surface area contributed by atoms with Crippen LogP contribution in [-0.4, -0.2) is 23.2 Å². The van der Waals surface area contributed by atoms with Crippen molar-refractivity contribution >= 4 is 22.4 Å². The van der Waals surface area contributed by atoms with Crippen LogP contribution in [0.1, 0.15) is 10.5 Å². The zero-order valence-electron chi connectivity index (χ0n) is 9.01. The second-order valence-corrected chi connectivity index (χ2v) is 4.29. The van der Waals surface area contributed by atoms with Crippen LogP contribution in [0.4, 0.5) is 5.13 Å². The van der Waals surface area contributed by atoms with Gasteiger partial charge in [0.1, 0.15) is 5.75 Å². The van der Waals surface area contributed by atoms with Crippen LogP contribution >= 0.6 is 11.3 Å². The lowest BCUT2D eigenvalue weighted by atomic mass is 10.1. The maximum absolute atomic E-state index is 11.0. The van der Waals surface area contributed by atoms with Crippen molar-refractivity contribution in [1.82, 2.24) is 4.98 Å². The maximum Gasteiger partial charge on any atom is 0.356 e. The average molecular weight is 250 g/mol. The van der Waals surface area contributed by atoms with Gasteiger partial charge in [-0.15, -0.1) is 0 Å². The standard InChI is InChI=1S/C11H10N2O3S/c1-16-7-4-2-6(3-5-7)9-8(10(14)15)13-11(12)17-9/h2-5H,1H3,(H2,12,13)(H,14,15). The molecule has 1 heterocycles. The van der Waals surface area contributed by atoms with Gasteiger partial charge in [0.2, 0.25) is 0 Å². The number of hydrogen-bond donors (Lipinski definition) is 2. The number of nitrogen functional groups attached to an aromatic ring is 1. The van der Waals surface area contributed by atoms with Crippen LogP contribution in [0.25, 0.3) is 10.4 Å². The molecule has 3 N–H and O–H groups in total. The summed E-state index contributed by atoms with van der Waals surface area (Å²) in [5.41, 5.74) is 6.28. The third kappa shape index (κ3) is 2.21. The molecule has 0 fully saturated rings. The van der Waals surface area contributed by atoms with Gasteiger partial charge < -0.3 is 15.6 Å². The number of carboxylic acids is 1. The molecule has 5 nitrogen and oxygen atoms in total. The number of anilines is 1. The Balaban J connectivity index is 2.48. The Morgan fingerprint density at radius 3 is 2.59 bits per heavy atom. The van der Waals surface area contributed by atoms with E-state index in [2.05, 4.69) is 4.98 Å². The molecule has 0 bridgehead atoms. The number of carboxylic acid groups (broad SMARTS) is 1. The molecule has 1 aromatic heterocycles. The highest BCUT2D eigenvalue weighted by Gasteiger charge is 2.17. The van der Waals surface area contributed by atoms with Crippen molar-refractivity contribution in [2.45, 2.75) is 0 Å². The predicted octanol–water partition coefficient (Wildman–Crippen LogP) is 2.10. The average Bonchev–Trinajstić information content (AvgIpc) is 2.72. The minimum atomic E-state index is -1.08. The van der Waals surface area contributed by atoms with Gasteiger partial charge in [-0.3, -0.25) is 0 Å². The van der Waals surface area contributed by atoms with E-state index in [0.717, 1.165) is 16.9 Å². The highest BCUT2D eigenvalue weighted by atomic mass is 32.1. The Kier molecular flexibility index (Phi) is 2.97. The quantitative estimate of drug-likeness (QED) is 0.871. The van der Waals surface area contributed by atoms with E-state index >= 15 is 0 Å². The maximum atomic E-state index is 11.0. The van der Waals surface area contributed by atoms with Crippen LogP contribution < -0.4 is 10.5 Å². The molecular weight excluding hydrogens is 240 g/mol. The third-order valence-corrected chi connectivity index (χ3v) is 3.13. The molecule has 2 rings (SSSR count). The molecule has 88 valence electrons. The highest BCUT2D eigenvalue weighted by molar-refractivity contribution is 7.19. The number of carbonyl (C=O) groups is 1. The number of aromatic nitrogens is 1. The molecule has 0 aliphatic carbocycles. The van der Waals surface area contributed by atoms with E-state index in [1.54, 1.807) is 31.4 Å². The number of hydrogen-bond acceptors (Lipinski definition) is 5. The summed E-state index contributed by atoms with van der Waals surface area (Å²) in [5, 5.41) is 9.25. The summed E-state index contributed by atoms with van der Waals surface area (Å²) < 4.78 is 5.03. The first-order valence-corrected chi connectivity index (χ1v) is 5.57. The summed E-state index contributed by atoms with van der Waals surface area (Å²) in [4.78, 5) is 15.3. The van der Waals surface area contributed by atoms with Crippen molar-refractivity contribution in [2.75, 3.05) is 12.8 Å². The Hall–Kier alpha value is -2.08. The van der Waals surface area contributed by atoms with Crippen LogP contribution in [0, 0.1) is 0 Å². The van der Waals surface area contributed by atoms with E-state index in [1.807, 2.05) is 0 Å². The molecular formula is C11H10N2O3S. The Labute approximate surface area is 101 Å². The molecule has 1 aromatic carbocycles. The van der Waals surface area contributed by atoms with Gasteiger partial charge in [-0.2, -0.15) is 0 Å². The summed E-state index contributed by atoms with van der Waals surface area (Å²) >= 11 is 1.15. The first kappa shape index (κ1) is 11.4. The van der Waals surface area contributed by atoms with Crippen molar-refractivity contribution in [3.8, 4) is 16.2 Å². The Morgan fingerprint density at radius 2 is 2.06 bits per heavy atom. The van der Waals surface area contributed by atoms with Crippen LogP contribution in [0.2, 0.25) is 0 Å². The number of methoxy groups -OCH3 is 1. The van der Waals surface area contributed by atoms with Gasteiger partial charge in [0.05, 0.1) is 12.0 Å². The van der Waals surface area contributed by atoms with Crippen molar-refractivity contribution in [1.29, 1.82) is 0 Å². The molecule has 0 aliphatic heterocycles. The molecule has 0 atom stereocenters. The number of rotatable bonds is 3.